The van der Waals surface area contributed by atoms with E-state index in [1.807, 2.05) is 0 Å². The summed E-state index contributed by atoms with van der Waals surface area (Å²) in [7, 11) is 0. The quantitative estimate of drug-likeness (QED) is 0.496. The van der Waals surface area contributed by atoms with Crippen LogP contribution in [0.4, 0.5) is 0 Å². The zero-order valence-electron chi connectivity index (χ0n) is 4.69. The van der Waals surface area contributed by atoms with Gasteiger partial charge in [-0.3, -0.25) is 0 Å². The summed E-state index contributed by atoms with van der Waals surface area (Å²) in [5, 5.41) is 17.9. The maximum Gasteiger partial charge on any atom is 0.127 e. The van der Waals surface area contributed by atoms with Crippen molar-refractivity contribution in [2.24, 2.45) is 0 Å². The predicted molar refractivity (Wildman–Crippen MR) is 36.2 cm³/mol. The van der Waals surface area contributed by atoms with Crippen molar-refractivity contribution in [3.8, 4) is 0 Å². The molecule has 0 bridgehead atoms. The van der Waals surface area contributed by atoms with Gasteiger partial charge in [0.2, 0.25) is 0 Å². The summed E-state index contributed by atoms with van der Waals surface area (Å²) >= 11 is 3.00. The molecule has 0 aliphatic rings. The van der Waals surface area contributed by atoms with Gasteiger partial charge in [-0.1, -0.05) is 22.5 Å². The van der Waals surface area contributed by atoms with Gasteiger partial charge in [0.15, 0.2) is 0 Å². The maximum absolute atomic E-state index is 9.00. The first-order chi connectivity index (χ1) is 3.50. The molecule has 0 radical (unpaired) electrons. The minimum absolute atomic E-state index is 0.214. The van der Waals surface area contributed by atoms with Gasteiger partial charge < -0.3 is 10.2 Å². The average molecular weight is 181 g/mol. The molecule has 0 aliphatic carbocycles. The molecule has 2 N–H and O–H groups in total. The van der Waals surface area contributed by atoms with E-state index in [9.17, 15) is 0 Å². The Hall–Kier alpha value is -0.0200. The Labute approximate surface area is 57.0 Å². The molecule has 0 spiro atoms. The fraction of sp³-hybridized carbons (Fsp3) is 0.600. The lowest BCUT2D eigenvalue weighted by Crippen LogP contribution is -2.27. The lowest BCUT2D eigenvalue weighted by atomic mass is 10.1. The van der Waals surface area contributed by atoms with Crippen molar-refractivity contribution in [2.75, 3.05) is 5.33 Å². The van der Waals surface area contributed by atoms with Gasteiger partial charge in [-0.15, -0.1) is 0 Å². The van der Waals surface area contributed by atoms with Gasteiger partial charge in [-0.2, -0.15) is 0 Å². The van der Waals surface area contributed by atoms with Crippen LogP contribution < -0.4 is 0 Å². The molecule has 0 aromatic carbocycles. The van der Waals surface area contributed by atoms with Crippen molar-refractivity contribution in [1.82, 2.24) is 0 Å². The van der Waals surface area contributed by atoms with E-state index in [0.29, 0.717) is 5.33 Å². The second-order valence-corrected chi connectivity index (χ2v) is 2.41. The second-order valence-electron chi connectivity index (χ2n) is 1.85. The minimum atomic E-state index is -1.18. The van der Waals surface area contributed by atoms with Crippen LogP contribution in [0.1, 0.15) is 6.92 Å². The molecule has 0 aromatic heterocycles. The molecule has 1 atom stereocenters. The van der Waals surface area contributed by atoms with Crippen LogP contribution >= 0.6 is 15.9 Å². The summed E-state index contributed by atoms with van der Waals surface area (Å²) in [6, 6.07) is 0. The van der Waals surface area contributed by atoms with E-state index in [4.69, 9.17) is 10.2 Å². The molecule has 3 heteroatoms. The van der Waals surface area contributed by atoms with Crippen LogP contribution in [0.2, 0.25) is 0 Å². The Bertz CT molecular complexity index is 98.6. The number of alkyl halides is 1. The maximum atomic E-state index is 9.00. The van der Waals surface area contributed by atoms with E-state index in [1.54, 1.807) is 0 Å². The monoisotopic (exact) mass is 180 g/mol. The lowest BCUT2D eigenvalue weighted by molar-refractivity contribution is 0.0778. The van der Waals surface area contributed by atoms with E-state index in [1.165, 1.54) is 6.92 Å². The van der Waals surface area contributed by atoms with Gasteiger partial charge in [0.1, 0.15) is 11.4 Å². The normalized spacial score (nSPS) is 17.4. The van der Waals surface area contributed by atoms with Crippen molar-refractivity contribution in [3.63, 3.8) is 0 Å². The van der Waals surface area contributed by atoms with E-state index in [2.05, 4.69) is 22.5 Å². The molecule has 0 fully saturated rings. The fourth-order valence-electron chi connectivity index (χ4n) is 0.0771. The summed E-state index contributed by atoms with van der Waals surface area (Å²) in [6.07, 6.45) is 0. The van der Waals surface area contributed by atoms with E-state index in [-0.39, 0.29) is 5.76 Å². The molecule has 8 heavy (non-hydrogen) atoms. The first kappa shape index (κ1) is 7.98. The van der Waals surface area contributed by atoms with Crippen molar-refractivity contribution >= 4 is 15.9 Å². The fourth-order valence-corrected chi connectivity index (χ4v) is 0.401. The van der Waals surface area contributed by atoms with Gasteiger partial charge in [-0.25, -0.2) is 0 Å². The molecule has 0 unspecified atom stereocenters. The van der Waals surface area contributed by atoms with E-state index < -0.39 is 5.60 Å². The van der Waals surface area contributed by atoms with Crippen molar-refractivity contribution in [1.29, 1.82) is 0 Å². The van der Waals surface area contributed by atoms with Gasteiger partial charge in [0.25, 0.3) is 0 Å². The Morgan fingerprint density at radius 2 is 2.25 bits per heavy atom. The van der Waals surface area contributed by atoms with Crippen LogP contribution in [0.5, 0.6) is 0 Å². The zero-order valence-corrected chi connectivity index (χ0v) is 6.27. The van der Waals surface area contributed by atoms with Crippen LogP contribution in [0.15, 0.2) is 12.3 Å². The SMILES string of the molecule is C=C(O)[C@@](C)(O)CBr. The number of halogens is 1. The zero-order chi connectivity index (χ0) is 6.78. The summed E-state index contributed by atoms with van der Waals surface area (Å²) in [4.78, 5) is 0. The highest BCUT2D eigenvalue weighted by Crippen LogP contribution is 2.13. The third-order valence-electron chi connectivity index (χ3n) is 0.882. The summed E-state index contributed by atoms with van der Waals surface area (Å²) in [5.74, 6) is -0.214. The summed E-state index contributed by atoms with van der Waals surface area (Å²) < 4.78 is 0. The number of aliphatic hydroxyl groups is 2. The highest BCUT2D eigenvalue weighted by atomic mass is 79.9. The van der Waals surface area contributed by atoms with E-state index >= 15 is 0 Å². The first-order valence-corrected chi connectivity index (χ1v) is 3.29. The Balaban J connectivity index is 3.91. The molecule has 0 aliphatic heterocycles. The van der Waals surface area contributed by atoms with Crippen molar-refractivity contribution < 1.29 is 10.2 Å². The molecule has 0 rings (SSSR count). The molecule has 0 saturated heterocycles. The molecule has 0 saturated carbocycles. The molecule has 48 valence electrons. The molecular formula is C5H9BrO2. The van der Waals surface area contributed by atoms with Crippen LogP contribution in [0, 0.1) is 0 Å². The molecule has 0 heterocycles. The summed E-state index contributed by atoms with van der Waals surface area (Å²) in [5.41, 5.74) is -1.18. The highest BCUT2D eigenvalue weighted by molar-refractivity contribution is 9.09. The van der Waals surface area contributed by atoms with Crippen LogP contribution in [-0.4, -0.2) is 21.1 Å². The number of hydrogen-bond donors (Lipinski definition) is 2. The van der Waals surface area contributed by atoms with Gasteiger partial charge in [0.05, 0.1) is 0 Å². The first-order valence-electron chi connectivity index (χ1n) is 2.17. The van der Waals surface area contributed by atoms with Crippen LogP contribution in [-0.2, 0) is 0 Å². The van der Waals surface area contributed by atoms with Crippen LogP contribution in [0.3, 0.4) is 0 Å². The Kier molecular flexibility index (Phi) is 2.50. The topological polar surface area (TPSA) is 40.5 Å². The smallest absolute Gasteiger partial charge is 0.127 e. The average Bonchev–Trinajstić information content (AvgIpc) is 1.67. The molecule has 0 aromatic rings. The van der Waals surface area contributed by atoms with Gasteiger partial charge in [0, 0.05) is 5.33 Å². The second kappa shape index (κ2) is 2.51. The third-order valence-corrected chi connectivity index (χ3v) is 1.97. The molecule has 2 nitrogen and oxygen atoms in total. The summed E-state index contributed by atoms with van der Waals surface area (Å²) in [6.45, 7) is 4.65. The third kappa shape index (κ3) is 1.84. The number of hydrogen-bond acceptors (Lipinski definition) is 2. The Morgan fingerprint density at radius 3 is 2.25 bits per heavy atom. The molecular weight excluding hydrogens is 172 g/mol. The highest BCUT2D eigenvalue weighted by Gasteiger charge is 2.21. The van der Waals surface area contributed by atoms with Gasteiger partial charge in [-0.05, 0) is 6.92 Å². The largest absolute Gasteiger partial charge is 0.510 e. The lowest BCUT2D eigenvalue weighted by Gasteiger charge is -2.17. The van der Waals surface area contributed by atoms with Crippen molar-refractivity contribution in [3.05, 3.63) is 12.3 Å². The minimum Gasteiger partial charge on any atom is -0.510 e. The van der Waals surface area contributed by atoms with E-state index in [0.717, 1.165) is 0 Å². The standard InChI is InChI=1S/C5H9BrO2/c1-4(7)5(2,8)3-6/h7-8H,1,3H2,2H3/t5-/m0/s1. The molecule has 0 amide bonds. The number of rotatable bonds is 2. The predicted octanol–water partition coefficient (Wildman–Crippen LogP) is 1.20. The van der Waals surface area contributed by atoms with Crippen molar-refractivity contribution in [2.45, 2.75) is 12.5 Å². The number of aliphatic hydroxyl groups excluding tert-OH is 1. The van der Waals surface area contributed by atoms with Crippen LogP contribution in [0.25, 0.3) is 0 Å². The van der Waals surface area contributed by atoms with Gasteiger partial charge >= 0.3 is 0 Å². The Morgan fingerprint density at radius 1 is 1.88 bits per heavy atom.